The molecule has 2 aliphatic heterocycles. The Morgan fingerprint density at radius 2 is 1.64 bits per heavy atom. The predicted molar refractivity (Wildman–Crippen MR) is 159 cm³/mol. The molecule has 0 radical (unpaired) electrons. The molecule has 0 atom stereocenters. The van der Waals surface area contributed by atoms with Crippen LogP contribution in [0.4, 0.5) is 8.78 Å². The molecule has 8 heteroatoms. The monoisotopic (exact) mass is 560 g/mol. The Bertz CT molecular complexity index is 2040. The lowest BCUT2D eigenvalue weighted by atomic mass is 9.97. The molecular formula is C34H26F2N4O2. The van der Waals surface area contributed by atoms with Crippen LogP contribution in [0.5, 0.6) is 0 Å². The molecule has 6 nitrogen and oxygen atoms in total. The molecular weight excluding hydrogens is 534 g/mol. The van der Waals surface area contributed by atoms with E-state index in [2.05, 4.69) is 27.2 Å². The van der Waals surface area contributed by atoms with E-state index in [0.717, 1.165) is 28.6 Å². The maximum Gasteiger partial charge on any atom is 0.275 e. The van der Waals surface area contributed by atoms with Crippen LogP contribution >= 0.6 is 0 Å². The molecule has 7 rings (SSSR count). The summed E-state index contributed by atoms with van der Waals surface area (Å²) < 4.78 is 37.5. The summed E-state index contributed by atoms with van der Waals surface area (Å²) in [6.45, 7) is 1.19. The number of fused-ring (bicyclic) bond motifs is 4. The van der Waals surface area contributed by atoms with Gasteiger partial charge in [0, 0.05) is 41.2 Å². The summed E-state index contributed by atoms with van der Waals surface area (Å²) in [6, 6.07) is 27.8. The second-order valence-corrected chi connectivity index (χ2v) is 10.6. The average Bonchev–Trinajstić information content (AvgIpc) is 3.58. The first-order chi connectivity index (χ1) is 20.4. The van der Waals surface area contributed by atoms with E-state index in [1.807, 2.05) is 67.7 Å². The average molecular weight is 561 g/mol. The van der Waals surface area contributed by atoms with Crippen molar-refractivity contribution in [2.45, 2.75) is 19.6 Å². The number of pyridine rings is 1. The number of para-hydroxylation sites is 1. The van der Waals surface area contributed by atoms with Crippen molar-refractivity contribution in [3.63, 3.8) is 0 Å². The first kappa shape index (κ1) is 25.9. The standard InChI is InChI=1S/C34H26F2N4O2/c1-39(17-21-8-3-2-4-9-21)18-23-14-25-30(16-24(23)32-15-22-10-5-6-13-31(22)42-32)40(20-27-33(25)37-38-34(27)41)19-26-28(35)11-7-12-29(26)36/h2-16,20H,17-19H2,1H3,(H,38,41). The first-order valence-electron chi connectivity index (χ1n) is 13.6. The zero-order valence-electron chi connectivity index (χ0n) is 22.8. The van der Waals surface area contributed by atoms with Crippen LogP contribution in [0, 0.1) is 11.6 Å². The van der Waals surface area contributed by atoms with Crippen LogP contribution in [0.15, 0.2) is 106 Å². The van der Waals surface area contributed by atoms with Gasteiger partial charge in [0.25, 0.3) is 5.56 Å². The lowest BCUT2D eigenvalue weighted by Gasteiger charge is -2.21. The minimum atomic E-state index is -0.651. The van der Waals surface area contributed by atoms with Gasteiger partial charge in [-0.1, -0.05) is 54.6 Å². The molecule has 0 amide bonds. The highest BCUT2D eigenvalue weighted by atomic mass is 19.1. The number of hydrogen-bond donors (Lipinski definition) is 1. The SMILES string of the molecule is CN(Cc1ccccc1)Cc1cc2c3n[nH]c(=O)c-3cn(Cc3c(F)cccc3F)c2cc1-c1cc2ccccc2o1. The highest BCUT2D eigenvalue weighted by Crippen LogP contribution is 2.37. The fourth-order valence-corrected chi connectivity index (χ4v) is 5.65. The number of nitrogens with one attached hydrogen (secondary N) is 1. The summed E-state index contributed by atoms with van der Waals surface area (Å²) >= 11 is 0. The molecule has 0 bridgehead atoms. The van der Waals surface area contributed by atoms with E-state index in [4.69, 9.17) is 4.42 Å². The Hall–Kier alpha value is -5.08. The molecule has 0 saturated heterocycles. The van der Waals surface area contributed by atoms with Crippen molar-refractivity contribution >= 4 is 21.9 Å². The van der Waals surface area contributed by atoms with Crippen molar-refractivity contribution < 1.29 is 13.2 Å². The molecule has 1 aromatic heterocycles. The van der Waals surface area contributed by atoms with Gasteiger partial charge in [0.15, 0.2) is 0 Å². The largest absolute Gasteiger partial charge is 0.456 e. The summed E-state index contributed by atoms with van der Waals surface area (Å²) in [5.41, 5.74) is 4.82. The molecule has 2 aliphatic rings. The number of aromatic nitrogens is 3. The zero-order chi connectivity index (χ0) is 28.8. The summed E-state index contributed by atoms with van der Waals surface area (Å²) in [5, 5.41) is 8.53. The van der Waals surface area contributed by atoms with Gasteiger partial charge in [0.05, 0.1) is 17.6 Å². The van der Waals surface area contributed by atoms with Crippen molar-refractivity contribution in [1.29, 1.82) is 0 Å². The van der Waals surface area contributed by atoms with Crippen molar-refractivity contribution in [2.24, 2.45) is 0 Å². The van der Waals surface area contributed by atoms with E-state index >= 15 is 0 Å². The summed E-state index contributed by atoms with van der Waals surface area (Å²) in [5.74, 6) is -0.625. The van der Waals surface area contributed by atoms with Gasteiger partial charge in [-0.3, -0.25) is 9.69 Å². The maximum atomic E-state index is 14.8. The van der Waals surface area contributed by atoms with Crippen LogP contribution in [0.3, 0.4) is 0 Å². The molecule has 0 saturated carbocycles. The molecule has 42 heavy (non-hydrogen) atoms. The Kier molecular flexibility index (Phi) is 6.40. The van der Waals surface area contributed by atoms with Gasteiger partial charge >= 0.3 is 0 Å². The molecule has 0 fully saturated rings. The zero-order valence-corrected chi connectivity index (χ0v) is 22.8. The third-order valence-corrected chi connectivity index (χ3v) is 7.66. The second-order valence-electron chi connectivity index (χ2n) is 10.6. The minimum Gasteiger partial charge on any atom is -0.456 e. The lowest BCUT2D eigenvalue weighted by molar-refractivity contribution is 0.319. The third kappa shape index (κ3) is 4.65. The van der Waals surface area contributed by atoms with Gasteiger partial charge in [-0.2, -0.15) is 5.10 Å². The van der Waals surface area contributed by atoms with Gasteiger partial charge in [0.2, 0.25) is 0 Å². The van der Waals surface area contributed by atoms with Crippen LogP contribution in [0.1, 0.15) is 16.7 Å². The number of benzene rings is 4. The Morgan fingerprint density at radius 3 is 2.43 bits per heavy atom. The van der Waals surface area contributed by atoms with Gasteiger partial charge < -0.3 is 8.98 Å². The second kappa shape index (κ2) is 10.4. The number of H-pyrrole nitrogens is 1. The van der Waals surface area contributed by atoms with Crippen molar-refractivity contribution in [3.05, 3.63) is 136 Å². The first-order valence-corrected chi connectivity index (χ1v) is 13.6. The van der Waals surface area contributed by atoms with E-state index in [-0.39, 0.29) is 17.7 Å². The fourth-order valence-electron chi connectivity index (χ4n) is 5.65. The van der Waals surface area contributed by atoms with E-state index in [9.17, 15) is 13.6 Å². The van der Waals surface area contributed by atoms with Crippen molar-refractivity contribution in [1.82, 2.24) is 19.7 Å². The number of halogens is 2. The number of rotatable bonds is 7. The van der Waals surface area contributed by atoms with E-state index < -0.39 is 11.6 Å². The van der Waals surface area contributed by atoms with Crippen LogP contribution in [-0.4, -0.2) is 26.7 Å². The minimum absolute atomic E-state index is 0.0870. The van der Waals surface area contributed by atoms with Crippen LogP contribution < -0.4 is 5.56 Å². The smallest absolute Gasteiger partial charge is 0.275 e. The van der Waals surface area contributed by atoms with E-state index in [1.165, 1.54) is 23.8 Å². The van der Waals surface area contributed by atoms with Crippen LogP contribution in [-0.2, 0) is 19.6 Å². The molecule has 0 unspecified atom stereocenters. The Labute approximate surface area is 239 Å². The molecule has 4 aromatic carbocycles. The topological polar surface area (TPSA) is 67.1 Å². The van der Waals surface area contributed by atoms with Gasteiger partial charge in [-0.25, -0.2) is 13.9 Å². The molecule has 0 spiro atoms. The van der Waals surface area contributed by atoms with Crippen molar-refractivity contribution in [3.8, 4) is 22.6 Å². The summed E-state index contributed by atoms with van der Waals surface area (Å²) in [4.78, 5) is 14.9. The molecule has 3 heterocycles. The molecule has 0 aliphatic carbocycles. The van der Waals surface area contributed by atoms with Gasteiger partial charge in [0.1, 0.15) is 28.7 Å². The molecule has 5 aromatic rings. The number of nitrogens with zero attached hydrogens (tertiary/aromatic N) is 3. The lowest BCUT2D eigenvalue weighted by Crippen LogP contribution is -2.18. The predicted octanol–water partition coefficient (Wildman–Crippen LogP) is 7.20. The summed E-state index contributed by atoms with van der Waals surface area (Å²) in [6.07, 6.45) is 1.61. The van der Waals surface area contributed by atoms with Crippen LogP contribution in [0.2, 0.25) is 0 Å². The van der Waals surface area contributed by atoms with E-state index in [0.29, 0.717) is 34.5 Å². The highest BCUT2D eigenvalue weighted by Gasteiger charge is 2.22. The number of aromatic amines is 1. The maximum absolute atomic E-state index is 14.8. The Morgan fingerprint density at radius 1 is 0.881 bits per heavy atom. The van der Waals surface area contributed by atoms with Gasteiger partial charge in [-0.05, 0) is 54.6 Å². The van der Waals surface area contributed by atoms with E-state index in [1.54, 1.807) is 10.8 Å². The number of furan rings is 1. The Balaban J connectivity index is 1.44. The quantitative estimate of drug-likeness (QED) is 0.224. The highest BCUT2D eigenvalue weighted by molar-refractivity contribution is 5.97. The van der Waals surface area contributed by atoms with Crippen LogP contribution in [0.25, 0.3) is 44.5 Å². The normalized spacial score (nSPS) is 11.8. The molecule has 1 N–H and O–H groups in total. The third-order valence-electron chi connectivity index (χ3n) is 7.66. The van der Waals surface area contributed by atoms with Gasteiger partial charge in [-0.15, -0.1) is 0 Å². The van der Waals surface area contributed by atoms with Crippen molar-refractivity contribution in [2.75, 3.05) is 7.05 Å². The summed E-state index contributed by atoms with van der Waals surface area (Å²) in [7, 11) is 2.05. The fraction of sp³-hybridized carbons (Fsp3) is 0.118. The number of hydrogen-bond acceptors (Lipinski definition) is 4. The molecule has 208 valence electrons.